The fourth-order valence-corrected chi connectivity index (χ4v) is 4.82. The molecule has 1 N–H and O–H groups in total. The zero-order valence-electron chi connectivity index (χ0n) is 16.5. The summed E-state index contributed by atoms with van der Waals surface area (Å²) in [4.78, 5) is 12.8. The first-order valence-corrected chi connectivity index (χ1v) is 11.0. The van der Waals surface area contributed by atoms with Crippen LogP contribution in [0.4, 0.5) is 10.1 Å². The van der Waals surface area contributed by atoms with Crippen molar-refractivity contribution in [2.45, 2.75) is 37.7 Å². The van der Waals surface area contributed by atoms with Crippen molar-refractivity contribution in [1.82, 2.24) is 4.31 Å². The Bertz CT molecular complexity index is 961. The average molecular weight is 421 g/mol. The van der Waals surface area contributed by atoms with Crippen LogP contribution >= 0.6 is 0 Å². The number of benzene rings is 2. The van der Waals surface area contributed by atoms with Crippen molar-refractivity contribution in [3.63, 3.8) is 0 Å². The van der Waals surface area contributed by atoms with Crippen LogP contribution in [-0.4, -0.2) is 37.8 Å². The van der Waals surface area contributed by atoms with E-state index in [1.165, 1.54) is 16.4 Å². The van der Waals surface area contributed by atoms with Crippen molar-refractivity contribution >= 4 is 21.6 Å². The van der Waals surface area contributed by atoms with E-state index in [0.29, 0.717) is 30.8 Å². The van der Waals surface area contributed by atoms with Crippen LogP contribution in [0.5, 0.6) is 5.75 Å². The molecule has 8 heteroatoms. The third-order valence-electron chi connectivity index (χ3n) is 4.68. The molecule has 0 aliphatic carbocycles. The summed E-state index contributed by atoms with van der Waals surface area (Å²) in [6.07, 6.45) is 1.20. The summed E-state index contributed by atoms with van der Waals surface area (Å²) in [5, 5.41) is 2.85. The van der Waals surface area contributed by atoms with E-state index in [1.54, 1.807) is 18.2 Å². The molecule has 1 heterocycles. The molecule has 0 bridgehead atoms. The van der Waals surface area contributed by atoms with E-state index < -0.39 is 21.8 Å². The minimum Gasteiger partial charge on any atom is -0.491 e. The van der Waals surface area contributed by atoms with Gasteiger partial charge < -0.3 is 10.1 Å². The topological polar surface area (TPSA) is 75.7 Å². The number of rotatable bonds is 6. The molecule has 6 nitrogen and oxygen atoms in total. The molecule has 0 aromatic heterocycles. The number of hydrogen-bond donors (Lipinski definition) is 1. The third-order valence-corrected chi connectivity index (χ3v) is 6.56. The van der Waals surface area contributed by atoms with Crippen LogP contribution in [0, 0.1) is 11.7 Å². The molecule has 1 amide bonds. The van der Waals surface area contributed by atoms with Crippen molar-refractivity contribution < 1.29 is 22.3 Å². The molecule has 0 radical (unpaired) electrons. The summed E-state index contributed by atoms with van der Waals surface area (Å²) < 4.78 is 45.7. The Morgan fingerprint density at radius 3 is 2.62 bits per heavy atom. The average Bonchev–Trinajstić information content (AvgIpc) is 2.68. The zero-order chi connectivity index (χ0) is 21.0. The number of nitrogens with one attached hydrogen (secondary N) is 1. The lowest BCUT2D eigenvalue weighted by Gasteiger charge is -2.31. The molecular weight excluding hydrogens is 395 g/mol. The monoisotopic (exact) mass is 420 g/mol. The second-order valence-electron chi connectivity index (χ2n) is 7.34. The first-order valence-electron chi connectivity index (χ1n) is 9.59. The number of ether oxygens (including phenoxy) is 1. The van der Waals surface area contributed by atoms with E-state index in [0.717, 1.165) is 12.1 Å². The number of carbonyl (C=O) groups is 1. The Labute approximate surface area is 170 Å². The molecule has 0 unspecified atom stereocenters. The van der Waals surface area contributed by atoms with Crippen LogP contribution in [-0.2, 0) is 14.8 Å². The van der Waals surface area contributed by atoms with Gasteiger partial charge in [0.1, 0.15) is 11.6 Å². The van der Waals surface area contributed by atoms with Gasteiger partial charge in [-0.2, -0.15) is 4.31 Å². The van der Waals surface area contributed by atoms with Crippen molar-refractivity contribution in [1.29, 1.82) is 0 Å². The minimum absolute atomic E-state index is 0.0181. The molecule has 0 spiro atoms. The smallest absolute Gasteiger partial charge is 0.243 e. The summed E-state index contributed by atoms with van der Waals surface area (Å²) in [5.41, 5.74) is 0.603. The van der Waals surface area contributed by atoms with Crippen molar-refractivity contribution in [3.8, 4) is 5.75 Å². The van der Waals surface area contributed by atoms with Gasteiger partial charge >= 0.3 is 0 Å². The van der Waals surface area contributed by atoms with Crippen LogP contribution in [0.1, 0.15) is 26.7 Å². The molecule has 156 valence electrons. The Balaban J connectivity index is 1.69. The second kappa shape index (κ2) is 8.92. The second-order valence-corrected chi connectivity index (χ2v) is 9.28. The van der Waals surface area contributed by atoms with Crippen LogP contribution < -0.4 is 10.1 Å². The van der Waals surface area contributed by atoms with Gasteiger partial charge in [-0.25, -0.2) is 12.8 Å². The third kappa shape index (κ3) is 5.33. The number of amides is 1. The predicted octanol–water partition coefficient (Wildman–Crippen LogP) is 3.65. The Hall–Kier alpha value is -2.45. The van der Waals surface area contributed by atoms with Gasteiger partial charge in [-0.15, -0.1) is 0 Å². The van der Waals surface area contributed by atoms with E-state index in [2.05, 4.69) is 5.32 Å². The highest BCUT2D eigenvalue weighted by Crippen LogP contribution is 2.26. The summed E-state index contributed by atoms with van der Waals surface area (Å²) in [7, 11) is -3.77. The fourth-order valence-electron chi connectivity index (χ4n) is 3.29. The van der Waals surface area contributed by atoms with Crippen LogP contribution in [0.25, 0.3) is 0 Å². The number of sulfonamides is 1. The summed E-state index contributed by atoms with van der Waals surface area (Å²) in [6, 6.07) is 11.8. The first-order chi connectivity index (χ1) is 13.8. The van der Waals surface area contributed by atoms with E-state index in [-0.39, 0.29) is 23.5 Å². The van der Waals surface area contributed by atoms with Crippen molar-refractivity contribution in [2.24, 2.45) is 5.92 Å². The SMILES string of the molecule is CC(C)Oc1cccc(NC(=O)[C@@H]2CCCN(S(=O)(=O)c3ccc(F)cc3)C2)c1. The Morgan fingerprint density at radius 2 is 1.93 bits per heavy atom. The zero-order valence-corrected chi connectivity index (χ0v) is 17.3. The van der Waals surface area contributed by atoms with Crippen molar-refractivity contribution in [2.75, 3.05) is 18.4 Å². The molecule has 3 rings (SSSR count). The molecular formula is C21H25FN2O4S. The van der Waals surface area contributed by atoms with Gasteiger partial charge in [0.15, 0.2) is 0 Å². The van der Waals surface area contributed by atoms with E-state index >= 15 is 0 Å². The van der Waals surface area contributed by atoms with E-state index in [4.69, 9.17) is 4.74 Å². The highest BCUT2D eigenvalue weighted by molar-refractivity contribution is 7.89. The lowest BCUT2D eigenvalue weighted by molar-refractivity contribution is -0.120. The van der Waals surface area contributed by atoms with Crippen LogP contribution in [0.3, 0.4) is 0 Å². The summed E-state index contributed by atoms with van der Waals surface area (Å²) in [5.74, 6) is -0.537. The largest absolute Gasteiger partial charge is 0.491 e. The molecule has 1 fully saturated rings. The maximum absolute atomic E-state index is 13.1. The standard InChI is InChI=1S/C21H25FN2O4S/c1-15(2)28-19-7-3-6-18(13-19)23-21(25)16-5-4-12-24(14-16)29(26,27)20-10-8-17(22)9-11-20/h3,6-11,13,15-16H,4-5,12,14H2,1-2H3,(H,23,25)/t16-/m1/s1. The van der Waals surface area contributed by atoms with Crippen molar-refractivity contribution in [3.05, 3.63) is 54.3 Å². The van der Waals surface area contributed by atoms with Gasteiger partial charge in [0, 0.05) is 24.8 Å². The minimum atomic E-state index is -3.77. The molecule has 1 saturated heterocycles. The number of nitrogens with zero attached hydrogens (tertiary/aromatic N) is 1. The molecule has 1 aliphatic rings. The maximum Gasteiger partial charge on any atom is 0.243 e. The van der Waals surface area contributed by atoms with E-state index in [9.17, 15) is 17.6 Å². The molecule has 0 saturated carbocycles. The Morgan fingerprint density at radius 1 is 1.21 bits per heavy atom. The van der Waals surface area contributed by atoms with Gasteiger partial charge in [-0.05, 0) is 63.1 Å². The molecule has 1 aliphatic heterocycles. The number of hydrogen-bond acceptors (Lipinski definition) is 4. The van der Waals surface area contributed by atoms with Gasteiger partial charge in [-0.3, -0.25) is 4.79 Å². The highest BCUT2D eigenvalue weighted by Gasteiger charge is 2.33. The first kappa shape index (κ1) is 21.3. The van der Waals surface area contributed by atoms with Crippen LogP contribution in [0.2, 0.25) is 0 Å². The molecule has 29 heavy (non-hydrogen) atoms. The summed E-state index contributed by atoms with van der Waals surface area (Å²) >= 11 is 0. The summed E-state index contributed by atoms with van der Waals surface area (Å²) in [6.45, 7) is 4.27. The number of anilines is 1. The Kier molecular flexibility index (Phi) is 6.54. The van der Waals surface area contributed by atoms with Gasteiger partial charge in [0.2, 0.25) is 15.9 Å². The lowest BCUT2D eigenvalue weighted by atomic mass is 9.98. The number of carbonyl (C=O) groups excluding carboxylic acids is 1. The van der Waals surface area contributed by atoms with Crippen LogP contribution in [0.15, 0.2) is 53.4 Å². The molecule has 2 aromatic rings. The van der Waals surface area contributed by atoms with Gasteiger partial charge in [-0.1, -0.05) is 6.07 Å². The molecule has 1 atom stereocenters. The molecule has 2 aromatic carbocycles. The lowest BCUT2D eigenvalue weighted by Crippen LogP contribution is -2.43. The fraction of sp³-hybridized carbons (Fsp3) is 0.381. The quantitative estimate of drug-likeness (QED) is 0.774. The highest BCUT2D eigenvalue weighted by atomic mass is 32.2. The number of piperidine rings is 1. The van der Waals surface area contributed by atoms with E-state index in [1.807, 2.05) is 19.9 Å². The predicted molar refractivity (Wildman–Crippen MR) is 109 cm³/mol. The van der Waals surface area contributed by atoms with Gasteiger partial charge in [0.05, 0.1) is 16.9 Å². The normalized spacial score (nSPS) is 17.9. The number of halogens is 1. The van der Waals surface area contributed by atoms with Gasteiger partial charge in [0.25, 0.3) is 0 Å². The maximum atomic E-state index is 13.1.